The van der Waals surface area contributed by atoms with Crippen LogP contribution >= 0.6 is 0 Å². The highest BCUT2D eigenvalue weighted by Crippen LogP contribution is 2.21. The Balaban J connectivity index is 4.16. The normalized spacial score (nSPS) is 12.8. The van der Waals surface area contributed by atoms with Gasteiger partial charge in [-0.25, -0.2) is 4.79 Å². The number of hydrogen-bond donors (Lipinski definition) is 3. The molecule has 0 rings (SSSR count). The molecule has 0 saturated heterocycles. The highest BCUT2D eigenvalue weighted by Gasteiger charge is 2.29. The third-order valence-corrected chi connectivity index (χ3v) is 2.15. The second-order valence-electron chi connectivity index (χ2n) is 3.86. The van der Waals surface area contributed by atoms with Crippen LogP contribution in [0.25, 0.3) is 0 Å². The van der Waals surface area contributed by atoms with E-state index in [1.165, 1.54) is 0 Å². The molecule has 0 heterocycles. The predicted molar refractivity (Wildman–Crippen MR) is 56.3 cm³/mol. The zero-order valence-electron chi connectivity index (χ0n) is 9.87. The highest BCUT2D eigenvalue weighted by molar-refractivity contribution is 5.83. The van der Waals surface area contributed by atoms with Crippen molar-refractivity contribution in [3.05, 3.63) is 0 Å². The summed E-state index contributed by atoms with van der Waals surface area (Å²) < 4.78 is 35.5. The lowest BCUT2D eigenvalue weighted by Gasteiger charge is -2.14. The molecule has 0 aromatic carbocycles. The number of alkyl halides is 3. The zero-order chi connectivity index (χ0) is 15.1. The molecule has 0 saturated carbocycles. The van der Waals surface area contributed by atoms with Gasteiger partial charge < -0.3 is 15.5 Å². The molecule has 0 aliphatic rings. The van der Waals surface area contributed by atoms with Gasteiger partial charge in [0.1, 0.15) is 6.04 Å². The molecular formula is C10H14F3NO5. The maximum Gasteiger partial charge on any atom is 0.389 e. The van der Waals surface area contributed by atoms with Crippen molar-refractivity contribution in [1.29, 1.82) is 0 Å². The van der Waals surface area contributed by atoms with Crippen molar-refractivity contribution < 1.29 is 37.8 Å². The SMILES string of the molecule is O=C(O)CCC[C@@H](NC(=O)CCC(F)(F)F)C(=O)O. The number of amides is 1. The molecule has 0 aromatic heterocycles. The molecular weight excluding hydrogens is 271 g/mol. The first-order valence-corrected chi connectivity index (χ1v) is 5.42. The second-order valence-corrected chi connectivity index (χ2v) is 3.86. The minimum Gasteiger partial charge on any atom is -0.481 e. The van der Waals surface area contributed by atoms with Gasteiger partial charge in [0.05, 0.1) is 6.42 Å². The van der Waals surface area contributed by atoms with E-state index in [1.807, 2.05) is 5.32 Å². The summed E-state index contributed by atoms with van der Waals surface area (Å²) in [6, 6.07) is -1.37. The van der Waals surface area contributed by atoms with E-state index in [4.69, 9.17) is 10.2 Å². The fraction of sp³-hybridized carbons (Fsp3) is 0.700. The monoisotopic (exact) mass is 285 g/mol. The third kappa shape index (κ3) is 9.86. The van der Waals surface area contributed by atoms with Gasteiger partial charge in [-0.15, -0.1) is 0 Å². The van der Waals surface area contributed by atoms with E-state index in [9.17, 15) is 27.6 Å². The van der Waals surface area contributed by atoms with Crippen LogP contribution in [0.1, 0.15) is 32.1 Å². The smallest absolute Gasteiger partial charge is 0.389 e. The molecule has 1 amide bonds. The van der Waals surface area contributed by atoms with Gasteiger partial charge in [0, 0.05) is 12.8 Å². The third-order valence-electron chi connectivity index (χ3n) is 2.15. The number of aliphatic carboxylic acids is 2. The van der Waals surface area contributed by atoms with Gasteiger partial charge >= 0.3 is 18.1 Å². The van der Waals surface area contributed by atoms with E-state index in [0.29, 0.717) is 0 Å². The van der Waals surface area contributed by atoms with Crippen LogP contribution in [0, 0.1) is 0 Å². The number of carboxylic acid groups (broad SMARTS) is 2. The van der Waals surface area contributed by atoms with Crippen LogP contribution in [0.3, 0.4) is 0 Å². The van der Waals surface area contributed by atoms with Gasteiger partial charge in [-0.3, -0.25) is 9.59 Å². The van der Waals surface area contributed by atoms with Crippen LogP contribution < -0.4 is 5.32 Å². The average molecular weight is 285 g/mol. The molecule has 9 heteroatoms. The Morgan fingerprint density at radius 3 is 2.11 bits per heavy atom. The molecule has 0 aromatic rings. The minimum absolute atomic E-state index is 0.00580. The molecule has 0 aliphatic carbocycles. The van der Waals surface area contributed by atoms with Gasteiger partial charge in [0.15, 0.2) is 0 Å². The van der Waals surface area contributed by atoms with Crippen LogP contribution in [0.15, 0.2) is 0 Å². The van der Waals surface area contributed by atoms with Gasteiger partial charge in [-0.05, 0) is 12.8 Å². The largest absolute Gasteiger partial charge is 0.481 e. The lowest BCUT2D eigenvalue weighted by molar-refractivity contribution is -0.147. The Labute approximate surface area is 106 Å². The van der Waals surface area contributed by atoms with Gasteiger partial charge in [-0.2, -0.15) is 13.2 Å². The zero-order valence-corrected chi connectivity index (χ0v) is 9.87. The van der Waals surface area contributed by atoms with Crippen molar-refractivity contribution in [3.63, 3.8) is 0 Å². The molecule has 0 radical (unpaired) electrons. The number of hydrogen-bond acceptors (Lipinski definition) is 3. The van der Waals surface area contributed by atoms with Crippen LogP contribution in [-0.4, -0.2) is 40.3 Å². The van der Waals surface area contributed by atoms with Crippen molar-refractivity contribution in [2.75, 3.05) is 0 Å². The lowest BCUT2D eigenvalue weighted by atomic mass is 10.1. The average Bonchev–Trinajstić information content (AvgIpc) is 2.23. The maximum atomic E-state index is 11.8. The quantitative estimate of drug-likeness (QED) is 0.620. The summed E-state index contributed by atoms with van der Waals surface area (Å²) in [5, 5.41) is 19.0. The Morgan fingerprint density at radius 1 is 1.11 bits per heavy atom. The first kappa shape index (κ1) is 17.2. The molecule has 110 valence electrons. The summed E-state index contributed by atoms with van der Waals surface area (Å²) in [6.45, 7) is 0. The molecule has 0 aliphatic heterocycles. The first-order valence-electron chi connectivity index (χ1n) is 5.42. The number of nitrogens with one attached hydrogen (secondary N) is 1. The summed E-state index contributed by atoms with van der Waals surface area (Å²) in [5.74, 6) is -3.56. The Hall–Kier alpha value is -1.80. The maximum absolute atomic E-state index is 11.8. The lowest BCUT2D eigenvalue weighted by Crippen LogP contribution is -2.41. The number of carbonyl (C=O) groups is 3. The standard InChI is InChI=1S/C10H14F3NO5/c11-10(12,13)5-4-7(15)14-6(9(18)19)2-1-3-8(16)17/h6H,1-5H2,(H,14,15)(H,16,17)(H,18,19)/t6-/m1/s1. The Morgan fingerprint density at radius 2 is 1.68 bits per heavy atom. The number of rotatable bonds is 8. The number of carbonyl (C=O) groups excluding carboxylic acids is 1. The number of carboxylic acids is 2. The van der Waals surface area contributed by atoms with E-state index in [1.54, 1.807) is 0 Å². The van der Waals surface area contributed by atoms with Crippen LogP contribution in [0.4, 0.5) is 13.2 Å². The molecule has 0 bridgehead atoms. The van der Waals surface area contributed by atoms with Crippen LogP contribution in [0.5, 0.6) is 0 Å². The Kier molecular flexibility index (Phi) is 6.87. The molecule has 3 N–H and O–H groups in total. The topological polar surface area (TPSA) is 104 Å². The molecule has 0 unspecified atom stereocenters. The van der Waals surface area contributed by atoms with Crippen molar-refractivity contribution in [1.82, 2.24) is 5.32 Å². The van der Waals surface area contributed by atoms with Crippen molar-refractivity contribution >= 4 is 17.8 Å². The van der Waals surface area contributed by atoms with Crippen LogP contribution in [0.2, 0.25) is 0 Å². The van der Waals surface area contributed by atoms with E-state index in [0.717, 1.165) is 0 Å². The van der Waals surface area contributed by atoms with Crippen molar-refractivity contribution in [2.45, 2.75) is 44.3 Å². The minimum atomic E-state index is -4.49. The first-order chi connectivity index (χ1) is 8.61. The van der Waals surface area contributed by atoms with Gasteiger partial charge in [-0.1, -0.05) is 0 Å². The van der Waals surface area contributed by atoms with E-state index >= 15 is 0 Å². The van der Waals surface area contributed by atoms with Gasteiger partial charge in [0.25, 0.3) is 0 Å². The summed E-state index contributed by atoms with van der Waals surface area (Å²) in [5.41, 5.74) is 0. The molecule has 0 spiro atoms. The van der Waals surface area contributed by atoms with Crippen molar-refractivity contribution in [2.24, 2.45) is 0 Å². The fourth-order valence-electron chi connectivity index (χ4n) is 1.24. The highest BCUT2D eigenvalue weighted by atomic mass is 19.4. The summed E-state index contributed by atoms with van der Waals surface area (Å²) in [4.78, 5) is 32.1. The molecule has 19 heavy (non-hydrogen) atoms. The molecule has 1 atom stereocenters. The summed E-state index contributed by atoms with van der Waals surface area (Å²) in [6.07, 6.45) is -7.10. The van der Waals surface area contributed by atoms with Gasteiger partial charge in [0.2, 0.25) is 5.91 Å². The predicted octanol–water partition coefficient (Wildman–Crippen LogP) is 1.15. The van der Waals surface area contributed by atoms with E-state index in [-0.39, 0.29) is 19.3 Å². The second kappa shape index (κ2) is 7.59. The van der Waals surface area contributed by atoms with E-state index < -0.39 is 42.9 Å². The summed E-state index contributed by atoms with van der Waals surface area (Å²) in [7, 11) is 0. The number of halogens is 3. The molecule has 6 nitrogen and oxygen atoms in total. The van der Waals surface area contributed by atoms with Crippen LogP contribution in [-0.2, 0) is 14.4 Å². The molecule has 0 fully saturated rings. The summed E-state index contributed by atoms with van der Waals surface area (Å²) >= 11 is 0. The van der Waals surface area contributed by atoms with Crippen molar-refractivity contribution in [3.8, 4) is 0 Å². The van der Waals surface area contributed by atoms with E-state index in [2.05, 4.69) is 0 Å². The fourth-order valence-corrected chi connectivity index (χ4v) is 1.24. The Bertz CT molecular complexity index is 343.